The Morgan fingerprint density at radius 1 is 1.04 bits per heavy atom. The van der Waals surface area contributed by atoms with Gasteiger partial charge >= 0.3 is 0 Å². The Balaban J connectivity index is 1.79. The van der Waals surface area contributed by atoms with Gasteiger partial charge in [0.1, 0.15) is 0 Å². The molecule has 3 aromatic carbocycles. The van der Waals surface area contributed by atoms with Crippen LogP contribution in [0.4, 0.5) is 0 Å². The van der Waals surface area contributed by atoms with E-state index in [9.17, 15) is 4.79 Å². The van der Waals surface area contributed by atoms with Gasteiger partial charge < -0.3 is 10.6 Å². The van der Waals surface area contributed by atoms with Gasteiger partial charge in [0.25, 0.3) is 5.91 Å². The molecule has 1 amide bonds. The third kappa shape index (κ3) is 3.53. The molecule has 0 bridgehead atoms. The van der Waals surface area contributed by atoms with Gasteiger partial charge in [-0.25, -0.2) is 0 Å². The molecule has 4 nitrogen and oxygen atoms in total. The maximum Gasteiger partial charge on any atom is 0.253 e. The van der Waals surface area contributed by atoms with Gasteiger partial charge in [-0.3, -0.25) is 4.79 Å². The van der Waals surface area contributed by atoms with Crippen LogP contribution in [0, 0.1) is 17.4 Å². The van der Waals surface area contributed by atoms with Gasteiger partial charge in [-0.15, -0.1) is 0 Å². The summed E-state index contributed by atoms with van der Waals surface area (Å²) in [4.78, 5) is 14.8. The van der Waals surface area contributed by atoms with E-state index in [0.717, 1.165) is 28.7 Å². The lowest BCUT2D eigenvalue weighted by atomic mass is 9.92. The van der Waals surface area contributed by atoms with Crippen LogP contribution in [0.3, 0.4) is 0 Å². The smallest absolute Gasteiger partial charge is 0.253 e. The Kier molecular flexibility index (Phi) is 4.92. The van der Waals surface area contributed by atoms with Gasteiger partial charge in [0.2, 0.25) is 0 Å². The van der Waals surface area contributed by atoms with Gasteiger partial charge in [0.15, 0.2) is 0 Å². The van der Waals surface area contributed by atoms with Crippen LogP contribution in [0.15, 0.2) is 66.7 Å². The Labute approximate surface area is 164 Å². The van der Waals surface area contributed by atoms with Gasteiger partial charge in [-0.05, 0) is 59.0 Å². The van der Waals surface area contributed by atoms with Crippen molar-refractivity contribution in [2.24, 2.45) is 5.73 Å². The number of nitrogens with two attached hydrogens (primary N) is 1. The normalized spacial score (nSPS) is 16.0. The molecule has 1 saturated heterocycles. The van der Waals surface area contributed by atoms with Crippen LogP contribution in [0.5, 0.6) is 0 Å². The van der Waals surface area contributed by atoms with Crippen molar-refractivity contribution in [3.05, 3.63) is 83.9 Å². The number of carbonyl (C=O) groups excluding carboxylic acids is 1. The average molecular weight is 366 g/mol. The molecule has 1 heterocycles. The van der Waals surface area contributed by atoms with E-state index in [2.05, 4.69) is 12.1 Å². The highest BCUT2D eigenvalue weighted by molar-refractivity contribution is 5.98. The van der Waals surface area contributed by atoms with E-state index in [-0.39, 0.29) is 11.9 Å². The highest BCUT2D eigenvalue weighted by Gasteiger charge is 2.25. The quantitative estimate of drug-likeness (QED) is 0.765. The summed E-state index contributed by atoms with van der Waals surface area (Å²) in [5.41, 5.74) is 11.2. The highest BCUT2D eigenvalue weighted by Crippen LogP contribution is 2.33. The second-order valence-corrected chi connectivity index (χ2v) is 7.04. The molecule has 1 atom stereocenters. The molecule has 137 valence electrons. The Hall–Kier alpha value is -3.42. The molecular formula is C24H20N3O. The monoisotopic (exact) mass is 366 g/mol. The largest absolute Gasteiger partial charge is 0.337 e. The molecule has 28 heavy (non-hydrogen) atoms. The van der Waals surface area contributed by atoms with E-state index in [1.807, 2.05) is 59.5 Å². The standard InChI is InChI=1S/C24H20N3O/c25-15-17-6-8-19(9-7-17)23-14-20(24(28)27-13-12-21(26)16-27)10-11-22(23)18-4-2-1-3-5-18/h2-11,14,21H,12-13,16,26H2/t21-/m0/s1. The lowest BCUT2D eigenvalue weighted by Crippen LogP contribution is -2.31. The van der Waals surface area contributed by atoms with Crippen LogP contribution >= 0.6 is 0 Å². The van der Waals surface area contributed by atoms with Crippen LogP contribution < -0.4 is 5.73 Å². The first kappa shape index (κ1) is 18.0. The maximum atomic E-state index is 12.9. The topological polar surface area (TPSA) is 70.1 Å². The minimum absolute atomic E-state index is 0.00999. The van der Waals surface area contributed by atoms with E-state index in [1.54, 1.807) is 12.1 Å². The summed E-state index contributed by atoms with van der Waals surface area (Å²) >= 11 is 0. The van der Waals surface area contributed by atoms with E-state index in [4.69, 9.17) is 11.0 Å². The number of amides is 1. The molecule has 0 aliphatic carbocycles. The lowest BCUT2D eigenvalue weighted by Gasteiger charge is -2.18. The van der Waals surface area contributed by atoms with E-state index in [1.165, 1.54) is 0 Å². The fraction of sp³-hybridized carbons (Fsp3) is 0.167. The van der Waals surface area contributed by atoms with Crippen molar-refractivity contribution in [2.75, 3.05) is 13.1 Å². The summed E-state index contributed by atoms with van der Waals surface area (Å²) in [6.45, 7) is 1.30. The number of benzene rings is 3. The van der Waals surface area contributed by atoms with Crippen LogP contribution in [-0.4, -0.2) is 29.9 Å². The molecule has 1 radical (unpaired) electrons. The highest BCUT2D eigenvalue weighted by atomic mass is 16.2. The maximum absolute atomic E-state index is 12.9. The number of likely N-dealkylation sites (tertiary alicyclic amines) is 1. The summed E-state index contributed by atoms with van der Waals surface area (Å²) in [6, 6.07) is 26.3. The van der Waals surface area contributed by atoms with Crippen LogP contribution in [-0.2, 0) is 0 Å². The molecule has 1 fully saturated rings. The molecule has 2 N–H and O–H groups in total. The van der Waals surface area contributed by atoms with Crippen molar-refractivity contribution in [3.8, 4) is 28.3 Å². The molecule has 0 aromatic heterocycles. The van der Waals surface area contributed by atoms with Crippen LogP contribution in [0.25, 0.3) is 22.3 Å². The summed E-state index contributed by atoms with van der Waals surface area (Å²) in [6.07, 6.45) is 0.840. The summed E-state index contributed by atoms with van der Waals surface area (Å²) in [5.74, 6) is 0.00999. The molecule has 4 heteroatoms. The minimum atomic E-state index is 0.00999. The molecule has 1 aliphatic rings. The summed E-state index contributed by atoms with van der Waals surface area (Å²) in [7, 11) is 0. The van der Waals surface area contributed by atoms with Crippen molar-refractivity contribution < 1.29 is 4.79 Å². The van der Waals surface area contributed by atoms with Gasteiger partial charge in [0.05, 0.1) is 11.6 Å². The van der Waals surface area contributed by atoms with Crippen molar-refractivity contribution in [3.63, 3.8) is 0 Å². The molecule has 1 aliphatic heterocycles. The first-order valence-corrected chi connectivity index (χ1v) is 9.31. The number of hydrogen-bond acceptors (Lipinski definition) is 3. The molecule has 0 unspecified atom stereocenters. The molecule has 0 spiro atoms. The number of carbonyl (C=O) groups is 1. The zero-order valence-electron chi connectivity index (χ0n) is 15.4. The zero-order valence-corrected chi connectivity index (χ0v) is 15.4. The van der Waals surface area contributed by atoms with E-state index >= 15 is 0 Å². The first-order valence-electron chi connectivity index (χ1n) is 9.31. The Morgan fingerprint density at radius 2 is 1.75 bits per heavy atom. The molecular weight excluding hydrogens is 346 g/mol. The van der Waals surface area contributed by atoms with Crippen molar-refractivity contribution in [1.82, 2.24) is 4.90 Å². The number of hydrogen-bond donors (Lipinski definition) is 1. The van der Waals surface area contributed by atoms with Gasteiger partial charge in [-0.2, -0.15) is 5.26 Å². The van der Waals surface area contributed by atoms with Gasteiger partial charge in [0, 0.05) is 24.7 Å². The zero-order chi connectivity index (χ0) is 19.5. The molecule has 0 saturated carbocycles. The Morgan fingerprint density at radius 3 is 2.39 bits per heavy atom. The van der Waals surface area contributed by atoms with E-state index < -0.39 is 0 Å². The molecule has 4 rings (SSSR count). The first-order chi connectivity index (χ1) is 13.7. The van der Waals surface area contributed by atoms with Gasteiger partial charge in [-0.1, -0.05) is 42.5 Å². The minimum Gasteiger partial charge on any atom is -0.337 e. The van der Waals surface area contributed by atoms with Crippen LogP contribution in [0.2, 0.25) is 0 Å². The van der Waals surface area contributed by atoms with Crippen LogP contribution in [0.1, 0.15) is 22.3 Å². The summed E-state index contributed by atoms with van der Waals surface area (Å²) < 4.78 is 0. The predicted octanol–water partition coefficient (Wildman–Crippen LogP) is 3.87. The summed E-state index contributed by atoms with van der Waals surface area (Å²) in [5, 5.41) is 9.08. The van der Waals surface area contributed by atoms with E-state index in [0.29, 0.717) is 24.2 Å². The second kappa shape index (κ2) is 7.67. The Bertz CT molecular complexity index is 1040. The third-order valence-electron chi connectivity index (χ3n) is 5.13. The SMILES string of the molecule is N#Cc1ccc(-c2cc(C(=O)N3CC[C@H](N)C3)ccc2-c2cc[c]cc2)cc1. The number of rotatable bonds is 3. The number of nitriles is 1. The lowest BCUT2D eigenvalue weighted by molar-refractivity contribution is 0.0791. The average Bonchev–Trinajstić information content (AvgIpc) is 3.20. The van der Waals surface area contributed by atoms with Crippen molar-refractivity contribution >= 4 is 5.91 Å². The number of nitrogens with zero attached hydrogens (tertiary/aromatic N) is 2. The fourth-order valence-electron chi connectivity index (χ4n) is 3.61. The second-order valence-electron chi connectivity index (χ2n) is 7.04. The van der Waals surface area contributed by atoms with Crippen molar-refractivity contribution in [1.29, 1.82) is 5.26 Å². The fourth-order valence-corrected chi connectivity index (χ4v) is 3.61. The third-order valence-corrected chi connectivity index (χ3v) is 5.13. The molecule has 3 aromatic rings. The predicted molar refractivity (Wildman–Crippen MR) is 109 cm³/mol. The van der Waals surface area contributed by atoms with Crippen molar-refractivity contribution in [2.45, 2.75) is 12.5 Å².